The van der Waals surface area contributed by atoms with Crippen LogP contribution < -0.4 is 16.3 Å². The molecule has 0 amide bonds. The number of hydrogen-bond acceptors (Lipinski definition) is 5. The minimum Gasteiger partial charge on any atom is -0.294 e. The topological polar surface area (TPSA) is 77.4 Å². The van der Waals surface area contributed by atoms with Gasteiger partial charge in [0.1, 0.15) is 0 Å². The van der Waals surface area contributed by atoms with E-state index in [-0.39, 0.29) is 23.8 Å². The van der Waals surface area contributed by atoms with Gasteiger partial charge in [-0.2, -0.15) is 10.1 Å². The summed E-state index contributed by atoms with van der Waals surface area (Å²) in [7, 11) is 1.65. The smallest absolute Gasteiger partial charge is 0.294 e. The molecule has 4 rings (SSSR count). The Kier molecular flexibility index (Phi) is 4.70. The molecule has 1 unspecified atom stereocenters. The maximum atomic E-state index is 13.3. The lowest BCUT2D eigenvalue weighted by Gasteiger charge is -2.28. The third kappa shape index (κ3) is 3.00. The summed E-state index contributed by atoms with van der Waals surface area (Å²) < 4.78 is 4.58. The Hall–Kier alpha value is -3.42. The predicted octanol–water partition coefficient (Wildman–Crippen LogP) is 2.39. The van der Waals surface area contributed by atoms with Crippen LogP contribution in [0.25, 0.3) is 17.2 Å². The second kappa shape index (κ2) is 7.20. The number of nitrogens with zero attached hydrogens (tertiary/aromatic N) is 6. The summed E-state index contributed by atoms with van der Waals surface area (Å²) in [6.07, 6.45) is 3.73. The molecule has 0 spiro atoms. The van der Waals surface area contributed by atoms with Gasteiger partial charge in [0, 0.05) is 20.1 Å². The van der Waals surface area contributed by atoms with Gasteiger partial charge in [-0.15, -0.1) is 0 Å². The molecule has 0 radical (unpaired) electrons. The van der Waals surface area contributed by atoms with Gasteiger partial charge in [0.15, 0.2) is 11.2 Å². The summed E-state index contributed by atoms with van der Waals surface area (Å²) in [6.45, 7) is 6.71. The van der Waals surface area contributed by atoms with Gasteiger partial charge in [-0.1, -0.05) is 42.5 Å². The van der Waals surface area contributed by atoms with E-state index in [0.29, 0.717) is 23.7 Å². The van der Waals surface area contributed by atoms with Gasteiger partial charge >= 0.3 is 5.69 Å². The van der Waals surface area contributed by atoms with Crippen molar-refractivity contribution < 1.29 is 0 Å². The van der Waals surface area contributed by atoms with Gasteiger partial charge in [-0.3, -0.25) is 18.5 Å². The molecule has 3 aromatic rings. The fraction of sp³-hybridized carbons (Fsp3) is 0.333. The highest BCUT2D eigenvalue weighted by molar-refractivity contribution is 5.91. The summed E-state index contributed by atoms with van der Waals surface area (Å²) in [5.41, 5.74) is 1.99. The molecule has 8 nitrogen and oxygen atoms in total. The summed E-state index contributed by atoms with van der Waals surface area (Å²) >= 11 is 0. The fourth-order valence-corrected chi connectivity index (χ4v) is 3.61. The Morgan fingerprint density at radius 3 is 2.59 bits per heavy atom. The fourth-order valence-electron chi connectivity index (χ4n) is 3.61. The zero-order chi connectivity index (χ0) is 20.7. The Morgan fingerprint density at radius 2 is 1.90 bits per heavy atom. The molecule has 0 fully saturated rings. The highest BCUT2D eigenvalue weighted by Crippen LogP contribution is 2.29. The Morgan fingerprint density at radius 1 is 1.17 bits per heavy atom. The van der Waals surface area contributed by atoms with E-state index in [1.165, 1.54) is 9.13 Å². The number of imidazole rings is 1. The Bertz CT molecular complexity index is 1250. The van der Waals surface area contributed by atoms with E-state index in [1.807, 2.05) is 67.8 Å². The number of hydrogen-bond donors (Lipinski definition) is 0. The molecule has 8 heteroatoms. The lowest BCUT2D eigenvalue weighted by atomic mass is 10.2. The van der Waals surface area contributed by atoms with Crippen molar-refractivity contribution in [3.63, 3.8) is 0 Å². The van der Waals surface area contributed by atoms with Crippen molar-refractivity contribution >= 4 is 28.9 Å². The molecule has 1 aliphatic heterocycles. The average molecular weight is 392 g/mol. The van der Waals surface area contributed by atoms with Crippen LogP contribution in [0.3, 0.4) is 0 Å². The maximum absolute atomic E-state index is 13.3. The van der Waals surface area contributed by atoms with Gasteiger partial charge in [-0.25, -0.2) is 9.80 Å². The van der Waals surface area contributed by atoms with Crippen molar-refractivity contribution in [3.05, 3.63) is 62.8 Å². The first-order valence-electron chi connectivity index (χ1n) is 9.70. The third-order valence-electron chi connectivity index (χ3n) is 5.36. The van der Waals surface area contributed by atoms with Crippen molar-refractivity contribution in [3.8, 4) is 0 Å². The monoisotopic (exact) mass is 392 g/mol. The van der Waals surface area contributed by atoms with Crippen LogP contribution in [0.5, 0.6) is 0 Å². The highest BCUT2D eigenvalue weighted by Gasteiger charge is 2.29. The van der Waals surface area contributed by atoms with Crippen LogP contribution in [0.1, 0.15) is 32.4 Å². The first kappa shape index (κ1) is 18.9. The molecule has 0 N–H and O–H groups in total. The third-order valence-corrected chi connectivity index (χ3v) is 5.36. The van der Waals surface area contributed by atoms with E-state index in [4.69, 9.17) is 0 Å². The number of hydrazone groups is 1. The van der Waals surface area contributed by atoms with Crippen molar-refractivity contribution in [2.45, 2.75) is 33.4 Å². The number of allylic oxidation sites excluding steroid dienone is 1. The second-order valence-corrected chi connectivity index (χ2v) is 7.16. The van der Waals surface area contributed by atoms with E-state index in [1.54, 1.807) is 12.1 Å². The lowest BCUT2D eigenvalue weighted by Crippen LogP contribution is -2.40. The van der Waals surface area contributed by atoms with Crippen LogP contribution >= 0.6 is 0 Å². The van der Waals surface area contributed by atoms with Gasteiger partial charge in [-0.05, 0) is 26.3 Å². The molecule has 0 aliphatic carbocycles. The largest absolute Gasteiger partial charge is 0.332 e. The molecule has 1 aromatic carbocycles. The number of anilines is 1. The van der Waals surface area contributed by atoms with Crippen LogP contribution in [0, 0.1) is 0 Å². The molecule has 1 atom stereocenters. The predicted molar refractivity (Wildman–Crippen MR) is 116 cm³/mol. The first-order valence-corrected chi connectivity index (χ1v) is 9.70. The van der Waals surface area contributed by atoms with Gasteiger partial charge in [0.05, 0.1) is 11.8 Å². The minimum absolute atomic E-state index is 0.115. The average Bonchev–Trinajstić information content (AvgIpc) is 3.13. The molecule has 0 bridgehead atoms. The SMILES string of the molecule is CCN1N=C(C)C(C)n2c1nc1c2c(=O)n(CC=Cc2ccccc2)c(=O)n1C. The van der Waals surface area contributed by atoms with E-state index >= 15 is 0 Å². The summed E-state index contributed by atoms with van der Waals surface area (Å²) in [4.78, 5) is 30.8. The van der Waals surface area contributed by atoms with E-state index in [0.717, 1.165) is 11.3 Å². The quantitative estimate of drug-likeness (QED) is 0.683. The Labute approximate surface area is 168 Å². The maximum Gasteiger partial charge on any atom is 0.332 e. The van der Waals surface area contributed by atoms with E-state index in [2.05, 4.69) is 10.1 Å². The van der Waals surface area contributed by atoms with Crippen LogP contribution in [0.4, 0.5) is 5.95 Å². The van der Waals surface area contributed by atoms with Gasteiger partial charge in [0.2, 0.25) is 5.95 Å². The lowest BCUT2D eigenvalue weighted by molar-refractivity contribution is 0.635. The van der Waals surface area contributed by atoms with Crippen LogP contribution in [-0.2, 0) is 13.6 Å². The van der Waals surface area contributed by atoms with Gasteiger partial charge in [0.25, 0.3) is 5.56 Å². The number of benzene rings is 1. The molecule has 3 heterocycles. The molecular formula is C21H24N6O2. The van der Waals surface area contributed by atoms with Crippen molar-refractivity contribution in [2.24, 2.45) is 12.1 Å². The van der Waals surface area contributed by atoms with Crippen LogP contribution in [0.15, 0.2) is 51.1 Å². The molecule has 0 saturated carbocycles. The van der Waals surface area contributed by atoms with Crippen LogP contribution in [-0.4, -0.2) is 30.9 Å². The number of aromatic nitrogens is 4. The van der Waals surface area contributed by atoms with Crippen molar-refractivity contribution in [2.75, 3.05) is 11.6 Å². The molecular weight excluding hydrogens is 368 g/mol. The number of rotatable bonds is 4. The molecule has 0 saturated heterocycles. The van der Waals surface area contributed by atoms with E-state index < -0.39 is 0 Å². The summed E-state index contributed by atoms with van der Waals surface area (Å²) in [5, 5.41) is 6.33. The summed E-state index contributed by atoms with van der Waals surface area (Å²) in [6, 6.07) is 9.66. The van der Waals surface area contributed by atoms with Crippen molar-refractivity contribution in [1.29, 1.82) is 0 Å². The zero-order valence-electron chi connectivity index (χ0n) is 17.0. The standard InChI is InChI=1S/C21H24N6O2/c1-5-26-20-22-18-17(27(20)15(3)14(2)23-26)19(28)25(21(29)24(18)4)13-9-12-16-10-7-6-8-11-16/h6-12,15H,5,13H2,1-4H3. The number of aryl methyl sites for hydroxylation is 1. The van der Waals surface area contributed by atoms with Gasteiger partial charge < -0.3 is 0 Å². The minimum atomic E-state index is -0.385. The summed E-state index contributed by atoms with van der Waals surface area (Å²) in [5.74, 6) is 0.588. The highest BCUT2D eigenvalue weighted by atomic mass is 16.2. The van der Waals surface area contributed by atoms with Crippen LogP contribution in [0.2, 0.25) is 0 Å². The molecule has 2 aromatic heterocycles. The molecule has 1 aliphatic rings. The normalized spacial score (nSPS) is 16.5. The molecule has 29 heavy (non-hydrogen) atoms. The first-order chi connectivity index (χ1) is 13.9. The van der Waals surface area contributed by atoms with Crippen molar-refractivity contribution in [1.82, 2.24) is 18.7 Å². The number of fused-ring (bicyclic) bond motifs is 3. The zero-order valence-corrected chi connectivity index (χ0v) is 17.0. The Balaban J connectivity index is 1.87. The second-order valence-electron chi connectivity index (χ2n) is 7.16. The van der Waals surface area contributed by atoms with E-state index in [9.17, 15) is 9.59 Å². The molecule has 150 valence electrons.